The van der Waals surface area contributed by atoms with Crippen LogP contribution in [0.15, 0.2) is 48.5 Å². The Hall–Kier alpha value is -2.49. The zero-order valence-electron chi connectivity index (χ0n) is 12.5. The summed E-state index contributed by atoms with van der Waals surface area (Å²) < 4.78 is 5.55. The van der Waals surface area contributed by atoms with Gasteiger partial charge < -0.3 is 15.4 Å². The lowest BCUT2D eigenvalue weighted by molar-refractivity contribution is -0.116. The fourth-order valence-corrected chi connectivity index (χ4v) is 2.60. The molecule has 1 aliphatic rings. The highest BCUT2D eigenvalue weighted by molar-refractivity contribution is 5.95. The number of rotatable bonds is 5. The topological polar surface area (TPSA) is 50.4 Å². The van der Waals surface area contributed by atoms with E-state index in [1.54, 1.807) is 0 Å². The number of anilines is 2. The Bertz CT molecular complexity index is 641. The van der Waals surface area contributed by atoms with Crippen molar-refractivity contribution in [3.05, 3.63) is 54.1 Å². The maximum absolute atomic E-state index is 12.1. The van der Waals surface area contributed by atoms with Gasteiger partial charge in [-0.2, -0.15) is 0 Å². The average molecular weight is 296 g/mol. The second-order valence-electron chi connectivity index (χ2n) is 5.33. The Balaban J connectivity index is 1.54. The van der Waals surface area contributed by atoms with E-state index >= 15 is 0 Å². The number of aryl methyl sites for hydroxylation is 1. The monoisotopic (exact) mass is 296 g/mol. The first kappa shape index (κ1) is 14.4. The molecular weight excluding hydrogens is 276 g/mol. The lowest BCUT2D eigenvalue weighted by Gasteiger charge is -2.21. The van der Waals surface area contributed by atoms with Crippen LogP contribution in [0.25, 0.3) is 0 Å². The van der Waals surface area contributed by atoms with Crippen LogP contribution in [0, 0.1) is 0 Å². The summed E-state index contributed by atoms with van der Waals surface area (Å²) in [5.41, 5.74) is 3.19. The molecule has 22 heavy (non-hydrogen) atoms. The van der Waals surface area contributed by atoms with Crippen molar-refractivity contribution in [3.8, 4) is 5.75 Å². The molecule has 0 saturated carbocycles. The second kappa shape index (κ2) is 6.98. The van der Waals surface area contributed by atoms with E-state index in [9.17, 15) is 4.79 Å². The van der Waals surface area contributed by atoms with Crippen molar-refractivity contribution in [1.29, 1.82) is 0 Å². The molecule has 2 aromatic carbocycles. The van der Waals surface area contributed by atoms with Gasteiger partial charge >= 0.3 is 0 Å². The Morgan fingerprint density at radius 1 is 1.14 bits per heavy atom. The van der Waals surface area contributed by atoms with Crippen LogP contribution in [0.5, 0.6) is 5.75 Å². The summed E-state index contributed by atoms with van der Waals surface area (Å²) in [6.45, 7) is 1.33. The number of carbonyl (C=O) groups excluding carboxylic acids is 1. The smallest absolute Gasteiger partial charge is 0.227 e. The Kier molecular flexibility index (Phi) is 4.59. The minimum Gasteiger partial charge on any atom is -0.493 e. The van der Waals surface area contributed by atoms with Crippen molar-refractivity contribution in [2.45, 2.75) is 19.3 Å². The van der Waals surface area contributed by atoms with Gasteiger partial charge in [-0.1, -0.05) is 30.3 Å². The zero-order valence-corrected chi connectivity index (χ0v) is 12.5. The summed E-state index contributed by atoms with van der Waals surface area (Å²) in [5, 5.41) is 6.35. The van der Waals surface area contributed by atoms with Crippen molar-refractivity contribution >= 4 is 17.3 Å². The Labute approximate surface area is 130 Å². The predicted molar refractivity (Wildman–Crippen MR) is 88.4 cm³/mol. The van der Waals surface area contributed by atoms with Gasteiger partial charge in [0, 0.05) is 6.54 Å². The Morgan fingerprint density at radius 2 is 2.00 bits per heavy atom. The first-order chi connectivity index (χ1) is 10.8. The predicted octanol–water partition coefficient (Wildman–Crippen LogP) is 3.45. The number of hydrogen-bond donors (Lipinski definition) is 2. The van der Waals surface area contributed by atoms with E-state index in [2.05, 4.69) is 16.7 Å². The quantitative estimate of drug-likeness (QED) is 0.888. The standard InChI is InChI=1S/C18H20N2O2/c21-17(11-13-22-15-8-2-1-3-9-15)20-16-10-4-6-14-7-5-12-19-18(14)16/h1-4,6,8-10,19H,5,7,11-13H2,(H,20,21). The van der Waals surface area contributed by atoms with Gasteiger partial charge in [-0.15, -0.1) is 0 Å². The van der Waals surface area contributed by atoms with Crippen LogP contribution in [0.3, 0.4) is 0 Å². The van der Waals surface area contributed by atoms with Crippen LogP contribution in [0.4, 0.5) is 11.4 Å². The number of carbonyl (C=O) groups is 1. The van der Waals surface area contributed by atoms with Crippen LogP contribution in [-0.4, -0.2) is 19.1 Å². The van der Waals surface area contributed by atoms with Crippen molar-refractivity contribution < 1.29 is 9.53 Å². The molecule has 0 atom stereocenters. The maximum atomic E-state index is 12.1. The van der Waals surface area contributed by atoms with Crippen molar-refractivity contribution in [2.75, 3.05) is 23.8 Å². The molecule has 0 radical (unpaired) electrons. The minimum atomic E-state index is -0.0308. The molecule has 0 fully saturated rings. The van der Waals surface area contributed by atoms with Gasteiger partial charge in [0.15, 0.2) is 0 Å². The van der Waals surface area contributed by atoms with E-state index in [0.717, 1.165) is 36.5 Å². The molecule has 0 aromatic heterocycles. The maximum Gasteiger partial charge on any atom is 0.227 e. The van der Waals surface area contributed by atoms with Gasteiger partial charge in [0.05, 0.1) is 24.4 Å². The molecule has 4 nitrogen and oxygen atoms in total. The molecule has 114 valence electrons. The van der Waals surface area contributed by atoms with Crippen LogP contribution in [-0.2, 0) is 11.2 Å². The largest absolute Gasteiger partial charge is 0.493 e. The molecule has 0 spiro atoms. The summed E-state index contributed by atoms with van der Waals surface area (Å²) in [5.74, 6) is 0.755. The molecule has 2 N–H and O–H groups in total. The lowest BCUT2D eigenvalue weighted by Crippen LogP contribution is -2.19. The molecule has 0 bridgehead atoms. The molecule has 1 heterocycles. The molecule has 0 unspecified atom stereocenters. The van der Waals surface area contributed by atoms with E-state index in [1.807, 2.05) is 42.5 Å². The molecule has 3 rings (SSSR count). The van der Waals surface area contributed by atoms with E-state index in [4.69, 9.17) is 4.74 Å². The normalized spacial score (nSPS) is 12.9. The molecule has 1 aliphatic heterocycles. The van der Waals surface area contributed by atoms with Crippen molar-refractivity contribution in [3.63, 3.8) is 0 Å². The molecule has 1 amide bonds. The number of ether oxygens (including phenoxy) is 1. The Morgan fingerprint density at radius 3 is 2.86 bits per heavy atom. The number of fused-ring (bicyclic) bond motifs is 1. The van der Waals surface area contributed by atoms with Gasteiger partial charge in [-0.3, -0.25) is 4.79 Å². The van der Waals surface area contributed by atoms with E-state index in [1.165, 1.54) is 5.56 Å². The van der Waals surface area contributed by atoms with Crippen molar-refractivity contribution in [2.24, 2.45) is 0 Å². The molecule has 0 aliphatic carbocycles. The van der Waals surface area contributed by atoms with Gasteiger partial charge in [-0.25, -0.2) is 0 Å². The van der Waals surface area contributed by atoms with E-state index in [0.29, 0.717) is 13.0 Å². The number of benzene rings is 2. The molecule has 4 heteroatoms. The number of amides is 1. The third-order valence-corrected chi connectivity index (χ3v) is 3.69. The first-order valence-electron chi connectivity index (χ1n) is 7.66. The third kappa shape index (κ3) is 3.58. The highest BCUT2D eigenvalue weighted by atomic mass is 16.5. The SMILES string of the molecule is O=C(CCOc1ccccc1)Nc1cccc2c1NCCC2. The van der Waals surface area contributed by atoms with Gasteiger partial charge in [0.2, 0.25) is 5.91 Å². The summed E-state index contributed by atoms with van der Waals surface area (Å²) in [6, 6.07) is 15.6. The minimum absolute atomic E-state index is 0.0308. The number of hydrogen-bond acceptors (Lipinski definition) is 3. The number of para-hydroxylation sites is 2. The first-order valence-corrected chi connectivity index (χ1v) is 7.66. The molecule has 0 saturated heterocycles. The number of nitrogens with one attached hydrogen (secondary N) is 2. The zero-order chi connectivity index (χ0) is 15.2. The highest BCUT2D eigenvalue weighted by Crippen LogP contribution is 2.30. The summed E-state index contributed by atoms with van der Waals surface area (Å²) in [4.78, 5) is 12.1. The van der Waals surface area contributed by atoms with Gasteiger partial charge in [0.1, 0.15) is 5.75 Å². The summed E-state index contributed by atoms with van der Waals surface area (Å²) in [7, 11) is 0. The van der Waals surface area contributed by atoms with Crippen LogP contribution in [0.2, 0.25) is 0 Å². The average Bonchev–Trinajstić information content (AvgIpc) is 2.56. The molecular formula is C18H20N2O2. The van der Waals surface area contributed by atoms with E-state index < -0.39 is 0 Å². The third-order valence-electron chi connectivity index (χ3n) is 3.69. The fraction of sp³-hybridized carbons (Fsp3) is 0.278. The molecule has 2 aromatic rings. The fourth-order valence-electron chi connectivity index (χ4n) is 2.60. The van der Waals surface area contributed by atoms with Crippen LogP contribution in [0.1, 0.15) is 18.4 Å². The summed E-state index contributed by atoms with van der Waals surface area (Å²) >= 11 is 0. The second-order valence-corrected chi connectivity index (χ2v) is 5.33. The van der Waals surface area contributed by atoms with Crippen LogP contribution >= 0.6 is 0 Å². The highest BCUT2D eigenvalue weighted by Gasteiger charge is 2.13. The van der Waals surface area contributed by atoms with Crippen LogP contribution < -0.4 is 15.4 Å². The van der Waals surface area contributed by atoms with Gasteiger partial charge in [0.25, 0.3) is 0 Å². The van der Waals surface area contributed by atoms with E-state index in [-0.39, 0.29) is 5.91 Å². The lowest BCUT2D eigenvalue weighted by atomic mass is 10.0. The van der Waals surface area contributed by atoms with Crippen molar-refractivity contribution in [1.82, 2.24) is 0 Å². The summed E-state index contributed by atoms with van der Waals surface area (Å²) in [6.07, 6.45) is 2.52. The van der Waals surface area contributed by atoms with Gasteiger partial charge in [-0.05, 0) is 36.6 Å².